The highest BCUT2D eigenvalue weighted by atomic mass is 16.4. The van der Waals surface area contributed by atoms with Crippen LogP contribution in [0.1, 0.15) is 71.6 Å². The van der Waals surface area contributed by atoms with Gasteiger partial charge in [-0.25, -0.2) is 0 Å². The molecule has 0 radical (unpaired) electrons. The minimum absolute atomic E-state index is 0.0628. The lowest BCUT2D eigenvalue weighted by molar-refractivity contribution is -0.151. The maximum atomic E-state index is 11.6. The Bertz CT molecular complexity index is 253. The van der Waals surface area contributed by atoms with Crippen LogP contribution in [-0.2, 0) is 9.59 Å². The quantitative estimate of drug-likeness (QED) is 0.592. The van der Waals surface area contributed by atoms with Crippen LogP contribution in [-0.4, -0.2) is 22.2 Å². The van der Waals surface area contributed by atoms with Crippen molar-refractivity contribution in [2.24, 2.45) is 5.41 Å². The van der Waals surface area contributed by atoms with Crippen LogP contribution in [0.3, 0.4) is 0 Å². The summed E-state index contributed by atoms with van der Waals surface area (Å²) >= 11 is 0. The predicted octanol–water partition coefficient (Wildman–Crippen LogP) is 3.69. The lowest BCUT2D eigenvalue weighted by Gasteiger charge is -2.29. The molecule has 0 heterocycles. The molecule has 18 heavy (non-hydrogen) atoms. The second kappa shape index (κ2) is 8.95. The Hall–Kier alpha value is -1.06. The second-order valence-electron chi connectivity index (χ2n) is 5.04. The fourth-order valence-electron chi connectivity index (χ4n) is 2.30. The monoisotopic (exact) mass is 258 g/mol. The molecule has 0 aromatic rings. The molecule has 2 N–H and O–H groups in total. The van der Waals surface area contributed by atoms with Crippen LogP contribution in [0.5, 0.6) is 0 Å². The standard InChI is InChI=1S/C14H26O4/c1-3-5-9-14(13(17)18,10-6-4-2)11-7-8-12(15)16/h3-11H2,1-2H3,(H,15,16)(H,17,18). The van der Waals surface area contributed by atoms with Crippen molar-refractivity contribution < 1.29 is 19.8 Å². The van der Waals surface area contributed by atoms with Gasteiger partial charge in [0.15, 0.2) is 0 Å². The van der Waals surface area contributed by atoms with Gasteiger partial charge in [-0.2, -0.15) is 0 Å². The first-order valence-electron chi connectivity index (χ1n) is 6.93. The first-order chi connectivity index (χ1) is 8.48. The van der Waals surface area contributed by atoms with Crippen molar-refractivity contribution >= 4 is 11.9 Å². The van der Waals surface area contributed by atoms with Crippen LogP contribution in [0.25, 0.3) is 0 Å². The van der Waals surface area contributed by atoms with Gasteiger partial charge in [0.1, 0.15) is 0 Å². The van der Waals surface area contributed by atoms with E-state index in [4.69, 9.17) is 5.11 Å². The zero-order chi connectivity index (χ0) is 14.0. The molecule has 4 heteroatoms. The van der Waals surface area contributed by atoms with Crippen molar-refractivity contribution in [3.63, 3.8) is 0 Å². The topological polar surface area (TPSA) is 74.6 Å². The number of hydrogen-bond acceptors (Lipinski definition) is 2. The minimum Gasteiger partial charge on any atom is -0.481 e. The van der Waals surface area contributed by atoms with E-state index in [0.717, 1.165) is 25.7 Å². The molecule has 0 aromatic carbocycles. The summed E-state index contributed by atoms with van der Waals surface area (Å²) in [6.07, 6.45) is 6.06. The number of unbranched alkanes of at least 4 members (excludes halogenated alkanes) is 2. The fourth-order valence-corrected chi connectivity index (χ4v) is 2.30. The number of rotatable bonds is 11. The van der Waals surface area contributed by atoms with Crippen LogP contribution in [0.4, 0.5) is 0 Å². The van der Waals surface area contributed by atoms with Crippen molar-refractivity contribution in [1.29, 1.82) is 0 Å². The molecule has 0 aromatic heterocycles. The Morgan fingerprint density at radius 2 is 1.33 bits per heavy atom. The van der Waals surface area contributed by atoms with E-state index in [2.05, 4.69) is 0 Å². The third-order valence-electron chi connectivity index (χ3n) is 3.52. The molecular weight excluding hydrogens is 232 g/mol. The lowest BCUT2D eigenvalue weighted by Crippen LogP contribution is -2.31. The molecule has 0 fully saturated rings. The average Bonchev–Trinajstić information content (AvgIpc) is 2.31. The molecule has 0 aliphatic heterocycles. The molecule has 0 aliphatic rings. The smallest absolute Gasteiger partial charge is 0.309 e. The highest BCUT2D eigenvalue weighted by Crippen LogP contribution is 2.36. The molecule has 0 spiro atoms. The van der Waals surface area contributed by atoms with E-state index >= 15 is 0 Å². The van der Waals surface area contributed by atoms with Gasteiger partial charge in [0, 0.05) is 6.42 Å². The summed E-state index contributed by atoms with van der Waals surface area (Å²) in [5.41, 5.74) is -0.707. The third-order valence-corrected chi connectivity index (χ3v) is 3.52. The molecule has 0 atom stereocenters. The molecule has 4 nitrogen and oxygen atoms in total. The van der Waals surface area contributed by atoms with Gasteiger partial charge in [0.2, 0.25) is 0 Å². The molecule has 0 bridgehead atoms. The first kappa shape index (κ1) is 16.9. The van der Waals surface area contributed by atoms with Crippen molar-refractivity contribution in [3.05, 3.63) is 0 Å². The van der Waals surface area contributed by atoms with Gasteiger partial charge < -0.3 is 10.2 Å². The minimum atomic E-state index is -0.847. The molecule has 0 saturated heterocycles. The number of carboxylic acid groups (broad SMARTS) is 2. The van der Waals surface area contributed by atoms with E-state index in [0.29, 0.717) is 25.7 Å². The third kappa shape index (κ3) is 6.03. The maximum absolute atomic E-state index is 11.6. The summed E-state index contributed by atoms with van der Waals surface area (Å²) < 4.78 is 0. The highest BCUT2D eigenvalue weighted by Gasteiger charge is 2.36. The first-order valence-corrected chi connectivity index (χ1v) is 6.93. The summed E-state index contributed by atoms with van der Waals surface area (Å²) in [5.74, 6) is -1.60. The average molecular weight is 258 g/mol. The molecule has 0 rings (SSSR count). The highest BCUT2D eigenvalue weighted by molar-refractivity contribution is 5.74. The number of carboxylic acids is 2. The van der Waals surface area contributed by atoms with Crippen LogP contribution in [0, 0.1) is 5.41 Å². The normalized spacial score (nSPS) is 11.4. The summed E-state index contributed by atoms with van der Waals surface area (Å²) in [6.45, 7) is 4.09. The molecule has 0 aliphatic carbocycles. The van der Waals surface area contributed by atoms with E-state index in [9.17, 15) is 14.7 Å². The Morgan fingerprint density at radius 3 is 1.67 bits per heavy atom. The van der Waals surface area contributed by atoms with E-state index in [-0.39, 0.29) is 6.42 Å². The molecule has 0 unspecified atom stereocenters. The summed E-state index contributed by atoms with van der Waals surface area (Å²) in [7, 11) is 0. The Kier molecular flexibility index (Phi) is 8.42. The molecule has 0 amide bonds. The fraction of sp³-hybridized carbons (Fsp3) is 0.857. The van der Waals surface area contributed by atoms with Crippen LogP contribution in [0.2, 0.25) is 0 Å². The van der Waals surface area contributed by atoms with E-state index in [1.54, 1.807) is 0 Å². The van der Waals surface area contributed by atoms with E-state index in [1.807, 2.05) is 13.8 Å². The van der Waals surface area contributed by atoms with Crippen molar-refractivity contribution in [1.82, 2.24) is 0 Å². The Labute approximate surface area is 109 Å². The number of aliphatic carboxylic acids is 2. The van der Waals surface area contributed by atoms with Crippen LogP contribution >= 0.6 is 0 Å². The Morgan fingerprint density at radius 1 is 0.889 bits per heavy atom. The maximum Gasteiger partial charge on any atom is 0.309 e. The summed E-state index contributed by atoms with van der Waals surface area (Å²) in [6, 6.07) is 0. The zero-order valence-electron chi connectivity index (χ0n) is 11.6. The van der Waals surface area contributed by atoms with E-state index < -0.39 is 17.4 Å². The van der Waals surface area contributed by atoms with Gasteiger partial charge >= 0.3 is 11.9 Å². The second-order valence-corrected chi connectivity index (χ2v) is 5.04. The van der Waals surface area contributed by atoms with Crippen molar-refractivity contribution in [3.8, 4) is 0 Å². The van der Waals surface area contributed by atoms with Gasteiger partial charge in [-0.3, -0.25) is 9.59 Å². The molecular formula is C14H26O4. The van der Waals surface area contributed by atoms with Gasteiger partial charge in [-0.15, -0.1) is 0 Å². The zero-order valence-corrected chi connectivity index (χ0v) is 11.6. The SMILES string of the molecule is CCCCC(CCCC)(CCCC(=O)O)C(=O)O. The lowest BCUT2D eigenvalue weighted by atomic mass is 9.74. The molecule has 106 valence electrons. The van der Waals surface area contributed by atoms with Gasteiger partial charge in [-0.05, 0) is 25.7 Å². The Balaban J connectivity index is 4.59. The summed E-state index contributed by atoms with van der Waals surface area (Å²) in [4.78, 5) is 22.1. The van der Waals surface area contributed by atoms with Gasteiger partial charge in [-0.1, -0.05) is 39.5 Å². The number of hydrogen-bond donors (Lipinski definition) is 2. The largest absolute Gasteiger partial charge is 0.481 e. The van der Waals surface area contributed by atoms with Gasteiger partial charge in [0.25, 0.3) is 0 Å². The predicted molar refractivity (Wildman–Crippen MR) is 70.6 cm³/mol. The van der Waals surface area contributed by atoms with Crippen molar-refractivity contribution in [2.45, 2.75) is 71.6 Å². The van der Waals surface area contributed by atoms with Gasteiger partial charge in [0.05, 0.1) is 5.41 Å². The number of carbonyl (C=O) groups is 2. The van der Waals surface area contributed by atoms with Crippen LogP contribution in [0.15, 0.2) is 0 Å². The van der Waals surface area contributed by atoms with Crippen molar-refractivity contribution in [2.75, 3.05) is 0 Å². The van der Waals surface area contributed by atoms with Crippen LogP contribution < -0.4 is 0 Å². The van der Waals surface area contributed by atoms with E-state index in [1.165, 1.54) is 0 Å². The molecule has 0 saturated carbocycles. The summed E-state index contributed by atoms with van der Waals surface area (Å²) in [5, 5.41) is 18.1.